The van der Waals surface area contributed by atoms with Gasteiger partial charge in [-0.3, -0.25) is 28.2 Å². The molecule has 0 atom stereocenters. The third kappa shape index (κ3) is 6.66. The van der Waals surface area contributed by atoms with Crippen molar-refractivity contribution in [1.29, 1.82) is 0 Å². The molecule has 3 aromatic heterocycles. The minimum atomic E-state index is -0.641. The summed E-state index contributed by atoms with van der Waals surface area (Å²) in [6.45, 7) is 1.72. The summed E-state index contributed by atoms with van der Waals surface area (Å²) in [5.41, 5.74) is 2.38. The molecule has 0 unspecified atom stereocenters. The van der Waals surface area contributed by atoms with Gasteiger partial charge in [-0.15, -0.1) is 11.3 Å². The maximum atomic E-state index is 13.9. The number of benzene rings is 3. The van der Waals surface area contributed by atoms with Gasteiger partial charge in [0.2, 0.25) is 0 Å². The predicted molar refractivity (Wildman–Crippen MR) is 178 cm³/mol. The Morgan fingerprint density at radius 2 is 1.59 bits per heavy atom. The van der Waals surface area contributed by atoms with Crippen molar-refractivity contribution in [3.05, 3.63) is 120 Å². The zero-order valence-corrected chi connectivity index (χ0v) is 25.5. The second-order valence-electron chi connectivity index (χ2n) is 10.3. The van der Waals surface area contributed by atoms with Gasteiger partial charge in [0.05, 0.1) is 32.7 Å². The Labute approximate surface area is 308 Å². The number of aryl methyl sites for hydroxylation is 1. The molecule has 0 saturated heterocycles. The topological polar surface area (TPSA) is 138 Å². The Balaban J connectivity index is 0.00000417. The van der Waals surface area contributed by atoms with Crippen LogP contribution in [0.1, 0.15) is 27.7 Å². The molecule has 0 saturated carbocycles. The van der Waals surface area contributed by atoms with Crippen LogP contribution in [0.5, 0.6) is 11.5 Å². The molecule has 3 heterocycles. The number of nitrogens with zero attached hydrogens (tertiary/aromatic N) is 3. The SMILES string of the molecule is CCc1cc2c(=O)n(CC(=O)c3cc(OC)cc(OC)c3)c(=O)n(Cc3ccc(-c4ccccc4-c4noc(=O)[nH]4)cc3)c2s1.[KH]. The Hall–Kier alpha value is -3.85. The first kappa shape index (κ1) is 33.5. The third-order valence-corrected chi connectivity index (χ3v) is 8.80. The van der Waals surface area contributed by atoms with Crippen LogP contribution in [-0.2, 0) is 19.5 Å². The van der Waals surface area contributed by atoms with Crippen LogP contribution < -0.4 is 26.5 Å². The van der Waals surface area contributed by atoms with Crippen LogP contribution in [0.2, 0.25) is 0 Å². The van der Waals surface area contributed by atoms with E-state index < -0.39 is 29.3 Å². The molecule has 1 N–H and O–H groups in total. The van der Waals surface area contributed by atoms with Crippen molar-refractivity contribution in [3.8, 4) is 34.0 Å². The zero-order valence-electron chi connectivity index (χ0n) is 24.7. The van der Waals surface area contributed by atoms with Gasteiger partial charge in [-0.1, -0.05) is 60.6 Å². The second-order valence-corrected chi connectivity index (χ2v) is 11.4. The average molecular weight is 665 g/mol. The van der Waals surface area contributed by atoms with Gasteiger partial charge in [0, 0.05) is 22.1 Å². The van der Waals surface area contributed by atoms with Gasteiger partial charge in [0.1, 0.15) is 16.3 Å². The Kier molecular flexibility index (Phi) is 10.4. The molecule has 0 spiro atoms. The van der Waals surface area contributed by atoms with Crippen LogP contribution >= 0.6 is 11.3 Å². The van der Waals surface area contributed by atoms with Gasteiger partial charge in [0.25, 0.3) is 5.56 Å². The number of thiophene rings is 1. The number of carbonyl (C=O) groups excluding carboxylic acids is 1. The Morgan fingerprint density at radius 3 is 2.20 bits per heavy atom. The molecule has 6 rings (SSSR count). The maximum absolute atomic E-state index is 13.9. The fraction of sp³-hybridized carbons (Fsp3) is 0.182. The first-order valence-corrected chi connectivity index (χ1v) is 14.9. The van der Waals surface area contributed by atoms with Gasteiger partial charge in [0.15, 0.2) is 11.6 Å². The minimum absolute atomic E-state index is 0. The summed E-state index contributed by atoms with van der Waals surface area (Å²) in [4.78, 5) is 56.5. The molecular formula is C33H29KN4O7S. The quantitative estimate of drug-likeness (QED) is 0.171. The summed E-state index contributed by atoms with van der Waals surface area (Å²) >= 11 is 1.39. The van der Waals surface area contributed by atoms with E-state index in [9.17, 15) is 19.2 Å². The van der Waals surface area contributed by atoms with Gasteiger partial charge in [-0.25, -0.2) is 9.59 Å². The van der Waals surface area contributed by atoms with Crippen LogP contribution in [0.4, 0.5) is 0 Å². The third-order valence-electron chi connectivity index (χ3n) is 7.50. The second kappa shape index (κ2) is 14.3. The fourth-order valence-electron chi connectivity index (χ4n) is 5.17. The van der Waals surface area contributed by atoms with Crippen LogP contribution in [0.3, 0.4) is 0 Å². The molecule has 3 aromatic carbocycles. The van der Waals surface area contributed by atoms with Crippen molar-refractivity contribution >= 4 is 78.7 Å². The summed E-state index contributed by atoms with van der Waals surface area (Å²) < 4.78 is 17.8. The molecule has 46 heavy (non-hydrogen) atoms. The summed E-state index contributed by atoms with van der Waals surface area (Å²) in [6.07, 6.45) is 0.695. The number of methoxy groups -OCH3 is 2. The number of hydrogen-bond acceptors (Lipinski definition) is 9. The Morgan fingerprint density at radius 1 is 0.913 bits per heavy atom. The van der Waals surface area contributed by atoms with Gasteiger partial charge in [-0.05, 0) is 41.3 Å². The number of rotatable bonds is 10. The Bertz CT molecular complexity index is 2210. The molecular weight excluding hydrogens is 636 g/mol. The van der Waals surface area contributed by atoms with E-state index in [2.05, 4.69) is 10.1 Å². The van der Waals surface area contributed by atoms with E-state index in [1.165, 1.54) is 25.6 Å². The normalized spacial score (nSPS) is 10.9. The van der Waals surface area contributed by atoms with Crippen molar-refractivity contribution in [3.63, 3.8) is 0 Å². The first-order chi connectivity index (χ1) is 21.8. The summed E-state index contributed by atoms with van der Waals surface area (Å²) in [6, 6.07) is 21.6. The molecule has 0 aliphatic rings. The van der Waals surface area contributed by atoms with E-state index in [0.29, 0.717) is 39.5 Å². The van der Waals surface area contributed by atoms with Crippen LogP contribution in [0.15, 0.2) is 91.7 Å². The molecule has 230 valence electrons. The summed E-state index contributed by atoms with van der Waals surface area (Å²) in [5, 5.41) is 4.21. The molecule has 0 aliphatic heterocycles. The molecule has 13 heteroatoms. The number of aromatic nitrogens is 4. The number of carbonyl (C=O) groups is 1. The van der Waals surface area contributed by atoms with Crippen molar-refractivity contribution in [2.75, 3.05) is 14.2 Å². The first-order valence-electron chi connectivity index (χ1n) is 14.1. The summed E-state index contributed by atoms with van der Waals surface area (Å²) in [5.74, 6) is 0.0902. The van der Waals surface area contributed by atoms with Crippen LogP contribution in [0, 0.1) is 0 Å². The van der Waals surface area contributed by atoms with E-state index >= 15 is 0 Å². The van der Waals surface area contributed by atoms with Crippen LogP contribution in [-0.4, -0.2) is 90.7 Å². The molecule has 0 radical (unpaired) electrons. The average Bonchev–Trinajstić information content (AvgIpc) is 3.71. The number of ether oxygens (including phenoxy) is 2. The number of fused-ring (bicyclic) bond motifs is 1. The number of ketones is 1. The van der Waals surface area contributed by atoms with Gasteiger partial charge < -0.3 is 9.47 Å². The number of hydrogen-bond donors (Lipinski definition) is 1. The van der Waals surface area contributed by atoms with E-state index in [0.717, 1.165) is 26.1 Å². The number of aromatic amines is 1. The van der Waals surface area contributed by atoms with Crippen LogP contribution in [0.25, 0.3) is 32.7 Å². The molecule has 0 bridgehead atoms. The van der Waals surface area contributed by atoms with Crippen molar-refractivity contribution in [2.45, 2.75) is 26.4 Å². The summed E-state index contributed by atoms with van der Waals surface area (Å²) in [7, 11) is 2.96. The zero-order chi connectivity index (χ0) is 31.7. The molecule has 0 aliphatic carbocycles. The standard InChI is InChI=1S/C33H28N4O7S.K.H/c1-4-24-16-27-30(39)36(18-28(38)21-13-22(42-2)15-23(14-21)43-3)33(41)37(31(27)45-24)17-19-9-11-20(12-10-19)25-7-5-6-8-26(25)29-34-32(40)44-35-29;;/h5-16H,4,17-18H2,1-3H3,(H,34,35,40);;. The molecule has 11 nitrogen and oxygen atoms in total. The van der Waals surface area contributed by atoms with Crippen molar-refractivity contribution in [2.24, 2.45) is 0 Å². The van der Waals surface area contributed by atoms with E-state index in [1.54, 1.807) is 28.8 Å². The molecule has 6 aromatic rings. The predicted octanol–water partition coefficient (Wildman–Crippen LogP) is 4.10. The van der Waals surface area contributed by atoms with E-state index in [1.807, 2.05) is 55.5 Å². The van der Waals surface area contributed by atoms with E-state index in [-0.39, 0.29) is 63.5 Å². The molecule has 0 amide bonds. The number of Topliss-reactive ketones (excluding diaryl/α,β-unsaturated/α-hetero) is 1. The van der Waals surface area contributed by atoms with Crippen molar-refractivity contribution < 1.29 is 18.8 Å². The number of nitrogens with one attached hydrogen (secondary N) is 1. The van der Waals surface area contributed by atoms with Crippen molar-refractivity contribution in [1.82, 2.24) is 19.3 Å². The van der Waals surface area contributed by atoms with Gasteiger partial charge in [-0.2, -0.15) is 0 Å². The fourth-order valence-corrected chi connectivity index (χ4v) is 6.24. The molecule has 0 fully saturated rings. The van der Waals surface area contributed by atoms with E-state index in [4.69, 9.17) is 14.0 Å². The number of H-pyrrole nitrogens is 1. The van der Waals surface area contributed by atoms with Gasteiger partial charge >= 0.3 is 62.8 Å². The monoisotopic (exact) mass is 664 g/mol.